The number of anilines is 2. The van der Waals surface area contributed by atoms with Crippen LogP contribution < -0.4 is 16.6 Å². The van der Waals surface area contributed by atoms with Crippen LogP contribution in [0.5, 0.6) is 0 Å². The average Bonchev–Trinajstić information content (AvgIpc) is 3.54. The van der Waals surface area contributed by atoms with Gasteiger partial charge in [0.05, 0.1) is 16.5 Å². The molecule has 2 saturated heterocycles. The highest BCUT2D eigenvalue weighted by Crippen LogP contribution is 2.23. The molecule has 2 aliphatic heterocycles. The molecule has 35 heavy (non-hydrogen) atoms. The minimum Gasteiger partial charge on any atom is -0.366 e. The van der Waals surface area contributed by atoms with Crippen LogP contribution in [-0.4, -0.2) is 64.9 Å². The number of piperidine rings is 1. The summed E-state index contributed by atoms with van der Waals surface area (Å²) in [5.41, 5.74) is 7.01. The Hall–Kier alpha value is -2.70. The summed E-state index contributed by atoms with van der Waals surface area (Å²) in [5.74, 6) is 2.72. The fourth-order valence-corrected chi connectivity index (χ4v) is 5.57. The first kappa shape index (κ1) is 26.9. The standard InChI is InChI=1S/C13H12N6O2.C6H13NOS.C4H8S/c1-7-8(11(14)20)5-19-10(7)12(16-6-17-19)18-9-3-2-4-15-13(9)21;1-9(8)7-5-3-2-4-6-7;1-2-4-5-3-1/h2-6H,1H3,(H2,14,20)(H,15,21)(H,16,17,18);2-6H2,1H3;1-4H2. The number of carbonyl (C=O) groups is 1. The Morgan fingerprint density at radius 1 is 1.20 bits per heavy atom. The number of rotatable bonds is 4. The zero-order chi connectivity index (χ0) is 25.2. The number of H-pyrrole nitrogens is 1. The molecule has 0 bridgehead atoms. The second kappa shape index (κ2) is 13.4. The minimum absolute atomic E-state index is 0.270. The smallest absolute Gasteiger partial charge is 0.271 e. The molecule has 12 heteroatoms. The van der Waals surface area contributed by atoms with Gasteiger partial charge in [-0.15, -0.1) is 0 Å². The van der Waals surface area contributed by atoms with Crippen LogP contribution in [0.2, 0.25) is 0 Å². The summed E-state index contributed by atoms with van der Waals surface area (Å²) < 4.78 is 14.4. The molecule has 5 heterocycles. The van der Waals surface area contributed by atoms with Gasteiger partial charge in [0.1, 0.15) is 17.5 Å². The number of aromatic amines is 1. The van der Waals surface area contributed by atoms with Gasteiger partial charge in [-0.1, -0.05) is 6.42 Å². The van der Waals surface area contributed by atoms with Gasteiger partial charge in [0.25, 0.3) is 11.5 Å². The van der Waals surface area contributed by atoms with Crippen molar-refractivity contribution in [1.82, 2.24) is 23.9 Å². The lowest BCUT2D eigenvalue weighted by Crippen LogP contribution is -2.30. The van der Waals surface area contributed by atoms with E-state index in [-0.39, 0.29) is 5.56 Å². The van der Waals surface area contributed by atoms with Crippen LogP contribution in [0.1, 0.15) is 48.0 Å². The van der Waals surface area contributed by atoms with Crippen LogP contribution in [0.3, 0.4) is 0 Å². The van der Waals surface area contributed by atoms with Gasteiger partial charge in [-0.25, -0.2) is 18.0 Å². The molecule has 10 nitrogen and oxygen atoms in total. The molecule has 4 N–H and O–H groups in total. The van der Waals surface area contributed by atoms with Crippen LogP contribution >= 0.6 is 11.8 Å². The van der Waals surface area contributed by atoms with E-state index in [0.29, 0.717) is 28.1 Å². The summed E-state index contributed by atoms with van der Waals surface area (Å²) >= 11 is 2.07. The molecule has 1 amide bonds. The van der Waals surface area contributed by atoms with Crippen LogP contribution in [0.25, 0.3) is 5.52 Å². The summed E-state index contributed by atoms with van der Waals surface area (Å²) in [7, 11) is -0.719. The van der Waals surface area contributed by atoms with Gasteiger partial charge in [-0.2, -0.15) is 16.9 Å². The highest BCUT2D eigenvalue weighted by Gasteiger charge is 2.16. The Morgan fingerprint density at radius 2 is 1.91 bits per heavy atom. The molecule has 0 radical (unpaired) electrons. The number of carbonyl (C=O) groups excluding carboxylic acids is 1. The highest BCUT2D eigenvalue weighted by molar-refractivity contribution is 7.99. The number of thioether (sulfide) groups is 1. The Balaban J connectivity index is 0.000000199. The number of nitrogens with zero attached hydrogens (tertiary/aromatic N) is 4. The predicted octanol–water partition coefficient (Wildman–Crippen LogP) is 2.85. The largest absolute Gasteiger partial charge is 0.366 e. The Labute approximate surface area is 211 Å². The number of pyridine rings is 1. The third kappa shape index (κ3) is 7.64. The van der Waals surface area contributed by atoms with Gasteiger partial charge in [0.2, 0.25) is 0 Å². The number of primary amides is 1. The average molecular weight is 520 g/mol. The number of hydrogen-bond donors (Lipinski definition) is 3. The molecular formula is C23H33N7O3S2. The Morgan fingerprint density at radius 3 is 2.46 bits per heavy atom. The van der Waals surface area contributed by atoms with Crippen molar-refractivity contribution in [2.45, 2.75) is 39.0 Å². The van der Waals surface area contributed by atoms with E-state index >= 15 is 0 Å². The van der Waals surface area contributed by atoms with E-state index in [4.69, 9.17) is 5.73 Å². The third-order valence-electron chi connectivity index (χ3n) is 5.67. The number of aryl methyl sites for hydroxylation is 1. The van der Waals surface area contributed by atoms with E-state index in [9.17, 15) is 13.8 Å². The lowest BCUT2D eigenvalue weighted by Gasteiger charge is -2.22. The maximum absolute atomic E-state index is 11.7. The maximum atomic E-state index is 11.7. The van der Waals surface area contributed by atoms with Crippen LogP contribution in [0, 0.1) is 6.92 Å². The number of hydrogen-bond acceptors (Lipinski definition) is 7. The molecular weight excluding hydrogens is 486 g/mol. The summed E-state index contributed by atoms with van der Waals surface area (Å²) in [6.07, 6.45) is 12.8. The van der Waals surface area contributed by atoms with Gasteiger partial charge in [0, 0.05) is 31.7 Å². The Kier molecular flexibility index (Phi) is 10.3. The van der Waals surface area contributed by atoms with Crippen LogP contribution in [0.4, 0.5) is 11.5 Å². The molecule has 3 aromatic heterocycles. The molecule has 5 rings (SSSR count). The van der Waals surface area contributed by atoms with E-state index in [1.807, 2.05) is 4.31 Å². The van der Waals surface area contributed by atoms with Crippen molar-refractivity contribution < 1.29 is 9.00 Å². The van der Waals surface area contributed by atoms with E-state index in [2.05, 4.69) is 32.1 Å². The first-order chi connectivity index (χ1) is 16.9. The first-order valence-electron chi connectivity index (χ1n) is 11.6. The summed E-state index contributed by atoms with van der Waals surface area (Å²) in [4.78, 5) is 29.8. The Bertz CT molecular complexity index is 1190. The molecule has 0 saturated carbocycles. The molecule has 2 fully saturated rings. The van der Waals surface area contributed by atoms with E-state index < -0.39 is 16.9 Å². The SMILES string of the molecule is C1CCSC1.CS(=O)N1CCCCC1.Cc1c(C(N)=O)cn2ncnc(Nc3ccc[nH]c3=O)c12. The summed E-state index contributed by atoms with van der Waals surface area (Å²) in [5, 5.41) is 6.98. The molecule has 190 valence electrons. The zero-order valence-corrected chi connectivity index (χ0v) is 21.8. The maximum Gasteiger partial charge on any atom is 0.271 e. The van der Waals surface area contributed by atoms with Crippen LogP contribution in [-0.2, 0) is 11.0 Å². The second-order valence-corrected chi connectivity index (χ2v) is 10.8. The number of nitrogens with one attached hydrogen (secondary N) is 2. The van der Waals surface area contributed by atoms with Crippen molar-refractivity contribution in [2.24, 2.45) is 5.73 Å². The highest BCUT2D eigenvalue weighted by atomic mass is 32.2. The van der Waals surface area contributed by atoms with Gasteiger partial charge in [-0.05, 0) is 61.8 Å². The van der Waals surface area contributed by atoms with Gasteiger partial charge in [-0.3, -0.25) is 9.59 Å². The van der Waals surface area contributed by atoms with Crippen molar-refractivity contribution in [3.8, 4) is 0 Å². The van der Waals surface area contributed by atoms with Gasteiger partial charge >= 0.3 is 0 Å². The van der Waals surface area contributed by atoms with Crippen molar-refractivity contribution in [1.29, 1.82) is 0 Å². The zero-order valence-electron chi connectivity index (χ0n) is 20.2. The summed E-state index contributed by atoms with van der Waals surface area (Å²) in [6.45, 7) is 3.81. The predicted molar refractivity (Wildman–Crippen MR) is 143 cm³/mol. The lowest BCUT2D eigenvalue weighted by molar-refractivity contribution is 0.1000. The third-order valence-corrected chi connectivity index (χ3v) is 7.92. The summed E-state index contributed by atoms with van der Waals surface area (Å²) in [6, 6.07) is 3.33. The number of nitrogens with two attached hydrogens (primary N) is 1. The molecule has 0 aromatic carbocycles. The molecule has 0 spiro atoms. The number of amides is 1. The van der Waals surface area contributed by atoms with E-state index in [1.165, 1.54) is 66.8 Å². The van der Waals surface area contributed by atoms with Crippen molar-refractivity contribution in [3.05, 3.63) is 52.3 Å². The minimum atomic E-state index is -0.719. The van der Waals surface area contributed by atoms with Crippen LogP contribution in [0.15, 0.2) is 35.6 Å². The van der Waals surface area contributed by atoms with Gasteiger partial charge < -0.3 is 16.0 Å². The molecule has 3 aromatic rings. The molecule has 1 unspecified atom stereocenters. The van der Waals surface area contributed by atoms with E-state index in [1.54, 1.807) is 25.3 Å². The second-order valence-electron chi connectivity index (χ2n) is 8.20. The normalized spacial score (nSPS) is 16.5. The molecule has 2 aliphatic rings. The van der Waals surface area contributed by atoms with E-state index in [0.717, 1.165) is 13.1 Å². The number of aromatic nitrogens is 4. The molecule has 0 aliphatic carbocycles. The van der Waals surface area contributed by atoms with Crippen molar-refractivity contribution in [2.75, 3.05) is 36.2 Å². The topological polar surface area (TPSA) is 138 Å². The fourth-order valence-electron chi connectivity index (χ4n) is 3.78. The monoisotopic (exact) mass is 519 g/mol. The number of fused-ring (bicyclic) bond motifs is 1. The van der Waals surface area contributed by atoms with Gasteiger partial charge in [0.15, 0.2) is 5.82 Å². The fraction of sp³-hybridized carbons (Fsp3) is 0.478. The van der Waals surface area contributed by atoms with Crippen molar-refractivity contribution in [3.63, 3.8) is 0 Å². The molecule has 1 atom stereocenters. The first-order valence-corrected chi connectivity index (χ1v) is 14.3. The van der Waals surface area contributed by atoms with Crippen molar-refractivity contribution >= 4 is 45.7 Å². The quantitative estimate of drug-likeness (QED) is 0.482. The lowest BCUT2D eigenvalue weighted by atomic mass is 10.2.